The molecule has 0 aromatic carbocycles. The number of ether oxygens (including phenoxy) is 4. The number of hydrogen-bond acceptors (Lipinski definition) is 6. The first kappa shape index (κ1) is 26.0. The Morgan fingerprint density at radius 2 is 2.00 bits per heavy atom. The van der Waals surface area contributed by atoms with Crippen LogP contribution in [0.5, 0.6) is 0 Å². The molecule has 3 saturated carbocycles. The van der Waals surface area contributed by atoms with Gasteiger partial charge in [-0.25, -0.2) is 0 Å². The van der Waals surface area contributed by atoms with Crippen molar-refractivity contribution in [3.05, 3.63) is 11.6 Å². The van der Waals surface area contributed by atoms with Gasteiger partial charge in [-0.2, -0.15) is 0 Å². The predicted molar refractivity (Wildman–Crippen MR) is 136 cm³/mol. The van der Waals surface area contributed by atoms with Gasteiger partial charge in [0.2, 0.25) is 0 Å². The van der Waals surface area contributed by atoms with E-state index < -0.39 is 28.5 Å². The number of allylic oxidation sites excluding steroid dienone is 1. The number of fused-ring (bicyclic) bond motifs is 3. The first-order chi connectivity index (χ1) is 17.4. The topological polar surface area (TPSA) is 91.3 Å². The summed E-state index contributed by atoms with van der Waals surface area (Å²) >= 11 is 0. The highest BCUT2D eigenvalue weighted by Gasteiger charge is 2.84. The molecule has 7 unspecified atom stereocenters. The van der Waals surface area contributed by atoms with E-state index in [0.717, 1.165) is 31.1 Å². The molecule has 5 fully saturated rings. The molecule has 37 heavy (non-hydrogen) atoms. The average molecular weight is 517 g/mol. The van der Waals surface area contributed by atoms with Crippen LogP contribution in [0.3, 0.4) is 0 Å². The molecule has 0 amide bonds. The van der Waals surface area contributed by atoms with Crippen LogP contribution in [-0.2, 0) is 28.5 Å². The van der Waals surface area contributed by atoms with E-state index in [2.05, 4.69) is 26.8 Å². The molecule has 1 N–H and O–H groups in total. The summed E-state index contributed by atoms with van der Waals surface area (Å²) in [7, 11) is 0. The summed E-state index contributed by atoms with van der Waals surface area (Å²) in [5, 5.41) is 11.1. The van der Waals surface area contributed by atoms with E-state index in [1.54, 1.807) is 0 Å². The normalized spacial score (nSPS) is 51.5. The van der Waals surface area contributed by atoms with Crippen molar-refractivity contribution in [2.24, 2.45) is 45.8 Å². The van der Waals surface area contributed by atoms with Crippen LogP contribution in [0.4, 0.5) is 0 Å². The Morgan fingerprint density at radius 3 is 2.68 bits per heavy atom. The number of carbonyl (C=O) groups excluding carboxylic acids is 1. The highest BCUT2D eigenvalue weighted by Crippen LogP contribution is 2.82. The lowest BCUT2D eigenvalue weighted by molar-refractivity contribution is -0.317. The number of carboxylic acid groups (broad SMARTS) is 1. The minimum Gasteiger partial charge on any atom is -0.481 e. The SMILES string of the molecule is CC(C)C1=CC2CC3(C=O)C4CCC(C)C4CC2(CO[C@@H]2C[C@@H]4OC(C)(C)CO[C@H]4[C@@H](C)O2)C13C(=O)O. The molecule has 6 aliphatic rings. The maximum absolute atomic E-state index is 13.6. The molecule has 0 aromatic rings. The quantitative estimate of drug-likeness (QED) is 0.407. The van der Waals surface area contributed by atoms with Gasteiger partial charge >= 0.3 is 5.97 Å². The fraction of sp³-hybridized carbons (Fsp3) is 0.867. The van der Waals surface area contributed by atoms with Gasteiger partial charge in [-0.15, -0.1) is 0 Å². The zero-order valence-electron chi connectivity index (χ0n) is 23.2. The molecule has 4 aliphatic carbocycles. The minimum atomic E-state index is -1.22. The molecule has 2 saturated heterocycles. The van der Waals surface area contributed by atoms with Crippen molar-refractivity contribution in [2.45, 2.75) is 104 Å². The van der Waals surface area contributed by atoms with Crippen LogP contribution < -0.4 is 0 Å². The smallest absolute Gasteiger partial charge is 0.315 e. The highest BCUT2D eigenvalue weighted by molar-refractivity contribution is 5.90. The van der Waals surface area contributed by atoms with E-state index in [4.69, 9.17) is 18.9 Å². The number of rotatable bonds is 6. The van der Waals surface area contributed by atoms with Crippen LogP contribution in [0.15, 0.2) is 11.6 Å². The molecule has 4 bridgehead atoms. The molecule has 0 aromatic heterocycles. The Hall–Kier alpha value is -1.28. The Bertz CT molecular complexity index is 1000. The summed E-state index contributed by atoms with van der Waals surface area (Å²) in [5.74, 6) is 0.181. The second-order valence-electron chi connectivity index (χ2n) is 14.0. The van der Waals surface area contributed by atoms with Crippen molar-refractivity contribution in [1.29, 1.82) is 0 Å². The van der Waals surface area contributed by atoms with Crippen LogP contribution in [0, 0.1) is 45.8 Å². The fourth-order valence-corrected chi connectivity index (χ4v) is 10.1. The largest absolute Gasteiger partial charge is 0.481 e. The van der Waals surface area contributed by atoms with Crippen LogP contribution in [-0.4, -0.2) is 60.8 Å². The Kier molecular flexibility index (Phi) is 5.87. The molecule has 2 aliphatic heterocycles. The van der Waals surface area contributed by atoms with Gasteiger partial charge in [0.05, 0.1) is 36.4 Å². The molecule has 7 heteroatoms. The van der Waals surface area contributed by atoms with E-state index >= 15 is 0 Å². The van der Waals surface area contributed by atoms with E-state index in [0.29, 0.717) is 31.3 Å². The molecule has 0 radical (unpaired) electrons. The van der Waals surface area contributed by atoms with E-state index in [1.807, 2.05) is 20.8 Å². The maximum atomic E-state index is 13.6. The van der Waals surface area contributed by atoms with Gasteiger partial charge in [0.15, 0.2) is 6.29 Å². The lowest BCUT2D eigenvalue weighted by Crippen LogP contribution is -2.64. The van der Waals surface area contributed by atoms with Crippen molar-refractivity contribution < 1.29 is 33.6 Å². The molecule has 6 rings (SSSR count). The van der Waals surface area contributed by atoms with Crippen molar-refractivity contribution in [2.75, 3.05) is 13.2 Å². The molecule has 11 atom stereocenters. The third-order valence-corrected chi connectivity index (χ3v) is 11.4. The summed E-state index contributed by atoms with van der Waals surface area (Å²) < 4.78 is 25.3. The van der Waals surface area contributed by atoms with E-state index in [-0.39, 0.29) is 48.3 Å². The van der Waals surface area contributed by atoms with Gasteiger partial charge in [0.25, 0.3) is 0 Å². The first-order valence-electron chi connectivity index (χ1n) is 14.4. The van der Waals surface area contributed by atoms with E-state index in [9.17, 15) is 14.7 Å². The average Bonchev–Trinajstić information content (AvgIpc) is 3.39. The maximum Gasteiger partial charge on any atom is 0.315 e. The van der Waals surface area contributed by atoms with Crippen molar-refractivity contribution in [3.8, 4) is 0 Å². The van der Waals surface area contributed by atoms with Crippen LogP contribution in [0.25, 0.3) is 0 Å². The first-order valence-corrected chi connectivity index (χ1v) is 14.4. The zero-order chi connectivity index (χ0) is 26.5. The molecular formula is C30H44O7. The van der Waals surface area contributed by atoms with Crippen LogP contribution in [0.2, 0.25) is 0 Å². The van der Waals surface area contributed by atoms with Gasteiger partial charge in [-0.3, -0.25) is 4.79 Å². The third kappa shape index (κ3) is 3.20. The molecule has 206 valence electrons. The second kappa shape index (κ2) is 8.36. The molecule has 7 nitrogen and oxygen atoms in total. The van der Waals surface area contributed by atoms with Crippen LogP contribution >= 0.6 is 0 Å². The van der Waals surface area contributed by atoms with Gasteiger partial charge in [-0.1, -0.05) is 38.8 Å². The lowest BCUT2D eigenvalue weighted by atomic mass is 9.43. The molecule has 0 spiro atoms. The highest BCUT2D eigenvalue weighted by atomic mass is 16.7. The summed E-state index contributed by atoms with van der Waals surface area (Å²) in [6, 6.07) is 0. The lowest BCUT2D eigenvalue weighted by Gasteiger charge is -2.58. The fourth-order valence-electron chi connectivity index (χ4n) is 10.1. The van der Waals surface area contributed by atoms with Crippen molar-refractivity contribution >= 4 is 12.3 Å². The van der Waals surface area contributed by atoms with E-state index in [1.165, 1.54) is 0 Å². The monoisotopic (exact) mass is 516 g/mol. The standard InChI is InChI=1S/C30H44O7/c1-16(2)22-9-19-11-28(13-31)21-8-7-17(3)20(21)12-29(19,30(22,28)26(32)33)15-34-24-10-23-25(18(4)36-24)35-14-27(5,6)37-23/h9,13,16-21,23-25H,7-8,10-12,14-15H2,1-6H3,(H,32,33)/t17?,18-,19?,20?,21?,23+,24+,25+,28?,29?,30?/m1/s1. The molecule has 2 heterocycles. The summed E-state index contributed by atoms with van der Waals surface area (Å²) in [6.07, 6.45) is 6.29. The summed E-state index contributed by atoms with van der Waals surface area (Å²) in [5.41, 5.74) is -2.16. The summed E-state index contributed by atoms with van der Waals surface area (Å²) in [4.78, 5) is 26.8. The summed E-state index contributed by atoms with van der Waals surface area (Å²) in [6.45, 7) is 13.3. The Balaban J connectivity index is 1.35. The number of aldehydes is 1. The predicted octanol–water partition coefficient (Wildman–Crippen LogP) is 4.63. The zero-order valence-corrected chi connectivity index (χ0v) is 23.2. The number of carboxylic acids is 1. The van der Waals surface area contributed by atoms with Gasteiger partial charge in [0, 0.05) is 11.8 Å². The number of carbonyl (C=O) groups is 2. The van der Waals surface area contributed by atoms with Gasteiger partial charge in [-0.05, 0) is 69.6 Å². The second-order valence-corrected chi connectivity index (χ2v) is 14.0. The third-order valence-electron chi connectivity index (χ3n) is 11.4. The van der Waals surface area contributed by atoms with Crippen molar-refractivity contribution in [1.82, 2.24) is 0 Å². The number of hydrogen-bond donors (Lipinski definition) is 1. The Morgan fingerprint density at radius 1 is 1.24 bits per heavy atom. The van der Waals surface area contributed by atoms with Crippen LogP contribution in [0.1, 0.15) is 73.6 Å². The van der Waals surface area contributed by atoms with Crippen molar-refractivity contribution in [3.63, 3.8) is 0 Å². The minimum absolute atomic E-state index is 0.0194. The van der Waals surface area contributed by atoms with Gasteiger partial charge in [0.1, 0.15) is 17.8 Å². The number of aliphatic carboxylic acids is 1. The van der Waals surface area contributed by atoms with Gasteiger partial charge < -0.3 is 28.8 Å². The Labute approximate surface area is 220 Å². The molecular weight excluding hydrogens is 472 g/mol.